The number of sulfonamides is 1. The van der Waals surface area contributed by atoms with E-state index in [-0.39, 0.29) is 52.9 Å². The zero-order valence-electron chi connectivity index (χ0n) is 22.1. The third kappa shape index (κ3) is 6.73. The van der Waals surface area contributed by atoms with Gasteiger partial charge in [0.15, 0.2) is 5.75 Å². The summed E-state index contributed by atoms with van der Waals surface area (Å²) in [5, 5.41) is 10.2. The molecule has 0 spiro atoms. The van der Waals surface area contributed by atoms with Crippen molar-refractivity contribution in [3.05, 3.63) is 41.9 Å². The molecular weight excluding hydrogens is 547 g/mol. The van der Waals surface area contributed by atoms with E-state index in [4.69, 9.17) is 32.8 Å². The van der Waals surface area contributed by atoms with Gasteiger partial charge in [0.1, 0.15) is 5.82 Å². The first kappa shape index (κ1) is 28.7. The molecule has 1 aliphatic carbocycles. The van der Waals surface area contributed by atoms with Crippen LogP contribution in [0.5, 0.6) is 5.75 Å². The normalized spacial score (nSPS) is 16.7. The maximum atomic E-state index is 12.9. The Balaban J connectivity index is 1.45. The predicted octanol–water partition coefficient (Wildman–Crippen LogP) is 0.614. The van der Waals surface area contributed by atoms with E-state index in [1.54, 1.807) is 18.2 Å². The number of nitrogens with one attached hydrogen (secondary N) is 3. The second-order valence-electron chi connectivity index (χ2n) is 9.79. The number of hydrogen-bond acceptors (Lipinski definition) is 10. The number of rotatable bonds is 10. The molecule has 13 nitrogen and oxygen atoms in total. The fraction of sp³-hybridized carbons (Fsp3) is 0.375. The van der Waals surface area contributed by atoms with Gasteiger partial charge in [0.05, 0.1) is 65.4 Å². The van der Waals surface area contributed by atoms with Crippen molar-refractivity contribution in [2.24, 2.45) is 5.92 Å². The highest BCUT2D eigenvalue weighted by Crippen LogP contribution is 2.38. The summed E-state index contributed by atoms with van der Waals surface area (Å²) in [7, 11) is 14.8. The van der Waals surface area contributed by atoms with Crippen molar-refractivity contribution >= 4 is 62.6 Å². The van der Waals surface area contributed by atoms with E-state index in [1.165, 1.54) is 23.7 Å². The molecule has 5 rings (SSSR count). The van der Waals surface area contributed by atoms with E-state index >= 15 is 0 Å². The molecule has 2 aromatic heterocycles. The first-order valence-corrected chi connectivity index (χ1v) is 14.3. The average Bonchev–Trinajstić information content (AvgIpc) is 3.57. The van der Waals surface area contributed by atoms with Crippen molar-refractivity contribution in [1.82, 2.24) is 24.7 Å². The summed E-state index contributed by atoms with van der Waals surface area (Å²) >= 11 is 0. The number of benzene rings is 1. The van der Waals surface area contributed by atoms with Gasteiger partial charge in [-0.25, -0.2) is 13.4 Å². The number of para-hydroxylation sites is 1. The lowest BCUT2D eigenvalue weighted by atomic mass is 9.49. The number of methoxy groups -OCH3 is 1. The lowest BCUT2D eigenvalue weighted by Gasteiger charge is -2.23. The molecule has 3 aromatic rings. The lowest BCUT2D eigenvalue weighted by molar-refractivity contribution is -0.117. The number of hydrogen-bond donors (Lipinski definition) is 3. The third-order valence-corrected chi connectivity index (χ3v) is 8.29. The van der Waals surface area contributed by atoms with Crippen molar-refractivity contribution in [2.75, 3.05) is 30.0 Å². The number of pyridine rings is 1. The fourth-order valence-electron chi connectivity index (χ4n) is 4.27. The van der Waals surface area contributed by atoms with Gasteiger partial charge in [-0.3, -0.25) is 9.59 Å². The van der Waals surface area contributed by atoms with E-state index in [0.717, 1.165) is 12.8 Å². The van der Waals surface area contributed by atoms with Crippen LogP contribution in [0.2, 0.25) is 0 Å². The molecule has 0 bridgehead atoms. The molecule has 6 radical (unpaired) electrons. The van der Waals surface area contributed by atoms with Crippen molar-refractivity contribution in [3.8, 4) is 17.1 Å². The van der Waals surface area contributed by atoms with E-state index < -0.39 is 21.2 Å². The van der Waals surface area contributed by atoms with Gasteiger partial charge in [-0.15, -0.1) is 0 Å². The Bertz CT molecular complexity index is 1590. The molecule has 2 aliphatic rings. The maximum Gasteiger partial charge on any atom is 0.253 e. The highest BCUT2D eigenvalue weighted by molar-refractivity contribution is 7.89. The average molecular weight is 571 g/mol. The Kier molecular flexibility index (Phi) is 7.84. The molecule has 1 aromatic carbocycles. The molecule has 41 heavy (non-hydrogen) atoms. The van der Waals surface area contributed by atoms with Crippen LogP contribution in [0.1, 0.15) is 35.5 Å². The zero-order valence-corrected chi connectivity index (χ0v) is 22.9. The minimum atomic E-state index is -3.35. The van der Waals surface area contributed by atoms with E-state index in [1.807, 2.05) is 0 Å². The van der Waals surface area contributed by atoms with Gasteiger partial charge in [0, 0.05) is 24.7 Å². The van der Waals surface area contributed by atoms with Crippen molar-refractivity contribution in [3.63, 3.8) is 0 Å². The summed E-state index contributed by atoms with van der Waals surface area (Å²) in [6, 6.07) is 6.56. The largest absolute Gasteiger partial charge is 0.494 e. The van der Waals surface area contributed by atoms with E-state index in [2.05, 4.69) is 31.1 Å². The van der Waals surface area contributed by atoms with Gasteiger partial charge in [0.25, 0.3) is 5.91 Å². The molecule has 1 saturated carbocycles. The predicted molar refractivity (Wildman–Crippen MR) is 151 cm³/mol. The number of nitrogens with zero attached hydrogens (tertiary/aromatic N) is 4. The number of anilines is 3. The minimum absolute atomic E-state index is 0.0290. The number of amides is 2. The van der Waals surface area contributed by atoms with Crippen LogP contribution in [0.15, 0.2) is 35.0 Å². The van der Waals surface area contributed by atoms with Gasteiger partial charge in [-0.2, -0.15) is 9.29 Å². The van der Waals surface area contributed by atoms with Gasteiger partial charge in [0.2, 0.25) is 27.6 Å². The SMILES string of the molecule is [B]C([B])([B])NC(=O)c1cnc(NC(=O)C2CC2)cc1Nc1cccc(-c2noc(CN3CCCS3(=O)=O)n2)c1OC. The van der Waals surface area contributed by atoms with Crippen LogP contribution >= 0.6 is 0 Å². The highest BCUT2D eigenvalue weighted by atomic mass is 32.2. The Labute approximate surface area is 240 Å². The Hall–Kier alpha value is -3.85. The Morgan fingerprint density at radius 2 is 2.00 bits per heavy atom. The third-order valence-electron chi connectivity index (χ3n) is 6.39. The van der Waals surface area contributed by atoms with Crippen LogP contribution in [0.3, 0.4) is 0 Å². The van der Waals surface area contributed by atoms with Crippen LogP contribution in [0.4, 0.5) is 17.2 Å². The molecule has 1 aliphatic heterocycles. The van der Waals surface area contributed by atoms with Crippen LogP contribution in [-0.2, 0) is 21.4 Å². The summed E-state index contributed by atoms with van der Waals surface area (Å²) in [6.45, 7) is 0.346. The Morgan fingerprint density at radius 3 is 2.66 bits per heavy atom. The first-order valence-electron chi connectivity index (χ1n) is 12.7. The molecule has 3 N–H and O–H groups in total. The second kappa shape index (κ2) is 11.2. The molecule has 0 atom stereocenters. The van der Waals surface area contributed by atoms with Crippen molar-refractivity contribution in [2.45, 2.75) is 31.0 Å². The topological polar surface area (TPSA) is 169 Å². The fourth-order valence-corrected chi connectivity index (χ4v) is 5.74. The molecular formula is C24H24B3N7O6S. The number of aromatic nitrogens is 3. The summed E-state index contributed by atoms with van der Waals surface area (Å²) in [6.07, 6.45) is 3.39. The van der Waals surface area contributed by atoms with Crippen molar-refractivity contribution < 1.29 is 27.3 Å². The lowest BCUT2D eigenvalue weighted by Crippen LogP contribution is -2.50. The highest BCUT2D eigenvalue weighted by Gasteiger charge is 2.31. The van der Waals surface area contributed by atoms with Crippen LogP contribution in [-0.4, -0.2) is 87.8 Å². The molecule has 206 valence electrons. The molecule has 2 amide bonds. The summed E-state index contributed by atoms with van der Waals surface area (Å²) in [5.41, 5.74) is 1.10. The molecule has 17 heteroatoms. The number of carbonyl (C=O) groups is 2. The van der Waals surface area contributed by atoms with Crippen LogP contribution < -0.4 is 20.7 Å². The maximum absolute atomic E-state index is 12.9. The quantitative estimate of drug-likeness (QED) is 0.294. The van der Waals surface area contributed by atoms with Gasteiger partial charge in [-0.1, -0.05) is 16.5 Å². The number of ether oxygens (including phenoxy) is 1. The van der Waals surface area contributed by atoms with Gasteiger partial charge < -0.3 is 25.2 Å². The monoisotopic (exact) mass is 571 g/mol. The van der Waals surface area contributed by atoms with Crippen molar-refractivity contribution in [1.29, 1.82) is 0 Å². The van der Waals surface area contributed by atoms with Gasteiger partial charge in [-0.05, 0) is 31.4 Å². The van der Waals surface area contributed by atoms with Crippen LogP contribution in [0.25, 0.3) is 11.4 Å². The summed E-state index contributed by atoms with van der Waals surface area (Å²) in [5.74, 6) is -0.0566. The zero-order chi connectivity index (χ0) is 29.4. The van der Waals surface area contributed by atoms with Gasteiger partial charge >= 0.3 is 0 Å². The van der Waals surface area contributed by atoms with Crippen LogP contribution in [0, 0.1) is 5.92 Å². The molecule has 2 fully saturated rings. The number of carbonyl (C=O) groups excluding carboxylic acids is 2. The molecule has 3 heterocycles. The van der Waals surface area contributed by atoms with E-state index in [9.17, 15) is 18.0 Å². The Morgan fingerprint density at radius 1 is 1.22 bits per heavy atom. The summed E-state index contributed by atoms with van der Waals surface area (Å²) in [4.78, 5) is 33.8. The summed E-state index contributed by atoms with van der Waals surface area (Å²) < 4.78 is 36.6. The second-order valence-corrected chi connectivity index (χ2v) is 11.9. The molecule has 0 unspecified atom stereocenters. The smallest absolute Gasteiger partial charge is 0.253 e. The minimum Gasteiger partial charge on any atom is -0.494 e. The molecule has 1 saturated heterocycles. The first-order chi connectivity index (χ1) is 19.4. The standard InChI is InChI=1S/C24H24B3N7O6S/c1-39-20-14(21-31-19(40-33-21)12-34-8-3-9-41(34,37)38)4-2-5-16(20)29-17-10-18(30-22(35)13-6-7-13)28-11-15(17)23(36)32-24(25,26)27/h2,4-5,10-11,13H,3,6-9,12H2,1H3,(H,32,36)(H2,28,29,30,35). The van der Waals surface area contributed by atoms with E-state index in [0.29, 0.717) is 30.0 Å².